The number of aromatic nitrogens is 3. The number of hydrogen-bond acceptors (Lipinski definition) is 3. The predicted octanol–water partition coefficient (Wildman–Crippen LogP) is 2.10. The van der Waals surface area contributed by atoms with Crippen molar-refractivity contribution in [1.82, 2.24) is 20.5 Å². The zero-order valence-corrected chi connectivity index (χ0v) is 10.0. The van der Waals surface area contributed by atoms with Crippen LogP contribution >= 0.6 is 11.6 Å². The van der Waals surface area contributed by atoms with Crippen LogP contribution in [0.25, 0.3) is 0 Å². The van der Waals surface area contributed by atoms with Crippen LogP contribution in [-0.4, -0.2) is 22.2 Å². The maximum atomic E-state index is 13.3. The van der Waals surface area contributed by atoms with E-state index >= 15 is 0 Å². The van der Waals surface area contributed by atoms with E-state index in [-0.39, 0.29) is 11.1 Å². The Hall–Kier alpha value is -1.46. The van der Waals surface area contributed by atoms with Gasteiger partial charge in [0.1, 0.15) is 18.0 Å². The largest absolute Gasteiger partial charge is 0.310 e. The molecular formula is C11H12ClFN4. The molecule has 2 aromatic rings. The summed E-state index contributed by atoms with van der Waals surface area (Å²) in [6, 6.07) is 4.76. The zero-order valence-electron chi connectivity index (χ0n) is 9.24. The first-order valence-electron chi connectivity index (χ1n) is 5.17. The molecule has 90 valence electrons. The zero-order chi connectivity index (χ0) is 12.3. The average Bonchev–Trinajstić information content (AvgIpc) is 2.84. The summed E-state index contributed by atoms with van der Waals surface area (Å²) >= 11 is 5.63. The quantitative estimate of drug-likeness (QED) is 0.879. The molecule has 0 fully saturated rings. The minimum Gasteiger partial charge on any atom is -0.310 e. The van der Waals surface area contributed by atoms with Crippen LogP contribution in [0.2, 0.25) is 5.02 Å². The molecule has 4 nitrogen and oxygen atoms in total. The van der Waals surface area contributed by atoms with Crippen LogP contribution < -0.4 is 5.32 Å². The molecule has 0 saturated carbocycles. The summed E-state index contributed by atoms with van der Waals surface area (Å²) in [6.07, 6.45) is 2.06. The van der Waals surface area contributed by atoms with E-state index in [4.69, 9.17) is 11.6 Å². The second kappa shape index (κ2) is 5.25. The molecule has 1 aromatic heterocycles. The Morgan fingerprint density at radius 1 is 1.53 bits per heavy atom. The number of aromatic amines is 1. The van der Waals surface area contributed by atoms with Gasteiger partial charge in [-0.05, 0) is 31.2 Å². The van der Waals surface area contributed by atoms with Crippen LogP contribution in [-0.2, 0) is 6.42 Å². The molecule has 1 heterocycles. The van der Waals surface area contributed by atoms with E-state index < -0.39 is 5.82 Å². The minimum atomic E-state index is -0.406. The van der Waals surface area contributed by atoms with Gasteiger partial charge in [0.05, 0.1) is 11.1 Å². The monoisotopic (exact) mass is 254 g/mol. The van der Waals surface area contributed by atoms with Gasteiger partial charge in [0.15, 0.2) is 0 Å². The summed E-state index contributed by atoms with van der Waals surface area (Å²) in [5, 5.41) is 9.82. The Balaban J connectivity index is 2.16. The Morgan fingerprint density at radius 3 is 2.94 bits per heavy atom. The van der Waals surface area contributed by atoms with Crippen LogP contribution in [0, 0.1) is 5.82 Å². The van der Waals surface area contributed by atoms with E-state index in [0.29, 0.717) is 6.42 Å². The van der Waals surface area contributed by atoms with Crippen molar-refractivity contribution in [2.24, 2.45) is 0 Å². The highest BCUT2D eigenvalue weighted by Gasteiger charge is 2.13. The van der Waals surface area contributed by atoms with Crippen molar-refractivity contribution in [3.8, 4) is 0 Å². The standard InChI is InChI=1S/C11H12ClFN4/c1-14-10(11-15-6-16-17-11)5-7-2-3-8(12)9(13)4-7/h2-4,6,10,14H,5H2,1H3,(H,15,16,17). The lowest BCUT2D eigenvalue weighted by Crippen LogP contribution is -2.20. The SMILES string of the molecule is CNC(Cc1ccc(Cl)c(F)c1)c1ncn[nH]1. The normalized spacial score (nSPS) is 12.6. The topological polar surface area (TPSA) is 53.6 Å². The maximum Gasteiger partial charge on any atom is 0.142 e. The first kappa shape index (κ1) is 12.0. The summed E-state index contributed by atoms with van der Waals surface area (Å²) < 4.78 is 13.3. The minimum absolute atomic E-state index is 0.0296. The molecule has 1 unspecified atom stereocenters. The third-order valence-electron chi connectivity index (χ3n) is 2.54. The Morgan fingerprint density at radius 2 is 2.35 bits per heavy atom. The molecule has 0 radical (unpaired) electrons. The molecular weight excluding hydrogens is 243 g/mol. The van der Waals surface area contributed by atoms with Crippen LogP contribution in [0.4, 0.5) is 4.39 Å². The van der Waals surface area contributed by atoms with Crippen molar-refractivity contribution in [3.63, 3.8) is 0 Å². The molecule has 0 spiro atoms. The van der Waals surface area contributed by atoms with Crippen LogP contribution in [0.1, 0.15) is 17.4 Å². The lowest BCUT2D eigenvalue weighted by atomic mass is 10.1. The molecule has 0 amide bonds. The summed E-state index contributed by atoms with van der Waals surface area (Å²) in [5.74, 6) is 0.319. The lowest BCUT2D eigenvalue weighted by Gasteiger charge is -2.13. The Labute approximate surface area is 103 Å². The second-order valence-electron chi connectivity index (χ2n) is 3.66. The van der Waals surface area contributed by atoms with Gasteiger partial charge in [-0.1, -0.05) is 17.7 Å². The number of halogens is 2. The third kappa shape index (κ3) is 2.81. The van der Waals surface area contributed by atoms with E-state index in [9.17, 15) is 4.39 Å². The second-order valence-corrected chi connectivity index (χ2v) is 4.07. The number of benzene rings is 1. The van der Waals surface area contributed by atoms with Gasteiger partial charge in [-0.25, -0.2) is 9.37 Å². The average molecular weight is 255 g/mol. The van der Waals surface area contributed by atoms with Gasteiger partial charge in [0, 0.05) is 0 Å². The molecule has 17 heavy (non-hydrogen) atoms. The van der Waals surface area contributed by atoms with Crippen molar-refractivity contribution in [1.29, 1.82) is 0 Å². The summed E-state index contributed by atoms with van der Waals surface area (Å²) in [7, 11) is 1.82. The molecule has 0 aliphatic heterocycles. The number of hydrogen-bond donors (Lipinski definition) is 2. The molecule has 2 rings (SSSR count). The van der Waals surface area contributed by atoms with Gasteiger partial charge in [0.25, 0.3) is 0 Å². The van der Waals surface area contributed by atoms with Gasteiger partial charge < -0.3 is 5.32 Å². The van der Waals surface area contributed by atoms with Gasteiger partial charge in [0.2, 0.25) is 0 Å². The molecule has 0 saturated heterocycles. The summed E-state index contributed by atoms with van der Waals surface area (Å²) in [4.78, 5) is 4.07. The fourth-order valence-electron chi connectivity index (χ4n) is 1.62. The predicted molar refractivity (Wildman–Crippen MR) is 63.3 cm³/mol. The number of H-pyrrole nitrogens is 1. The molecule has 2 N–H and O–H groups in total. The number of rotatable bonds is 4. The van der Waals surface area contributed by atoms with Gasteiger partial charge >= 0.3 is 0 Å². The lowest BCUT2D eigenvalue weighted by molar-refractivity contribution is 0.556. The van der Waals surface area contributed by atoms with Crippen LogP contribution in [0.3, 0.4) is 0 Å². The molecule has 0 bridgehead atoms. The van der Waals surface area contributed by atoms with E-state index in [1.54, 1.807) is 12.1 Å². The van der Waals surface area contributed by atoms with Gasteiger partial charge in [-0.3, -0.25) is 5.10 Å². The maximum absolute atomic E-state index is 13.3. The third-order valence-corrected chi connectivity index (χ3v) is 2.84. The number of nitrogens with zero attached hydrogens (tertiary/aromatic N) is 2. The summed E-state index contributed by atoms with van der Waals surface area (Å²) in [5.41, 5.74) is 0.850. The molecule has 0 aliphatic carbocycles. The van der Waals surface area contributed by atoms with Crippen molar-refractivity contribution in [3.05, 3.63) is 46.8 Å². The molecule has 0 aliphatic rings. The van der Waals surface area contributed by atoms with E-state index in [1.165, 1.54) is 12.4 Å². The van der Waals surface area contributed by atoms with E-state index in [2.05, 4.69) is 20.5 Å². The first-order valence-corrected chi connectivity index (χ1v) is 5.55. The van der Waals surface area contributed by atoms with Gasteiger partial charge in [-0.2, -0.15) is 5.10 Å². The van der Waals surface area contributed by atoms with Crippen LogP contribution in [0.15, 0.2) is 24.5 Å². The van der Waals surface area contributed by atoms with Crippen LogP contribution in [0.5, 0.6) is 0 Å². The van der Waals surface area contributed by atoms with Crippen molar-refractivity contribution in [2.75, 3.05) is 7.05 Å². The highest BCUT2D eigenvalue weighted by molar-refractivity contribution is 6.30. The van der Waals surface area contributed by atoms with E-state index in [1.807, 2.05) is 7.05 Å². The highest BCUT2D eigenvalue weighted by Crippen LogP contribution is 2.19. The first-order chi connectivity index (χ1) is 8.20. The summed E-state index contributed by atoms with van der Waals surface area (Å²) in [6.45, 7) is 0. The van der Waals surface area contributed by atoms with Crippen molar-refractivity contribution >= 4 is 11.6 Å². The molecule has 1 atom stereocenters. The number of likely N-dealkylation sites (N-methyl/N-ethyl adjacent to an activating group) is 1. The fourth-order valence-corrected chi connectivity index (χ4v) is 1.74. The number of nitrogens with one attached hydrogen (secondary N) is 2. The fraction of sp³-hybridized carbons (Fsp3) is 0.273. The van der Waals surface area contributed by atoms with Crippen molar-refractivity contribution in [2.45, 2.75) is 12.5 Å². The van der Waals surface area contributed by atoms with Crippen molar-refractivity contribution < 1.29 is 4.39 Å². The molecule has 1 aromatic carbocycles. The Kier molecular flexibility index (Phi) is 3.71. The smallest absolute Gasteiger partial charge is 0.142 e. The molecule has 6 heteroatoms. The highest BCUT2D eigenvalue weighted by atomic mass is 35.5. The van der Waals surface area contributed by atoms with Gasteiger partial charge in [-0.15, -0.1) is 0 Å². The Bertz CT molecular complexity index is 486. The van der Waals surface area contributed by atoms with E-state index in [0.717, 1.165) is 11.4 Å².